The predicted octanol–water partition coefficient (Wildman–Crippen LogP) is 6.51. The van der Waals surface area contributed by atoms with E-state index in [0.717, 1.165) is 59.4 Å². The Bertz CT molecular complexity index is 1370. The molecule has 2 heterocycles. The number of nitrogens with zero attached hydrogens (tertiary/aromatic N) is 3. The van der Waals surface area contributed by atoms with Gasteiger partial charge in [0.2, 0.25) is 0 Å². The molecule has 0 saturated carbocycles. The molecule has 0 unspecified atom stereocenters. The van der Waals surface area contributed by atoms with Gasteiger partial charge in [0.25, 0.3) is 0 Å². The van der Waals surface area contributed by atoms with Crippen molar-refractivity contribution in [2.75, 3.05) is 49.5 Å². The minimum absolute atomic E-state index is 0.532. The van der Waals surface area contributed by atoms with Gasteiger partial charge in [-0.15, -0.1) is 0 Å². The third kappa shape index (κ3) is 6.14. The number of aromatic nitrogens is 1. The highest BCUT2D eigenvalue weighted by molar-refractivity contribution is 5.93. The Morgan fingerprint density at radius 3 is 2.49 bits per heavy atom. The zero-order valence-corrected chi connectivity index (χ0v) is 20.6. The number of hydrogen-bond acceptors (Lipinski definition) is 5. The number of nitrogens with one attached hydrogen (secondary N) is 1. The standard InChI is InChI=1S/C29H29F3N4O/c1-21-18-28(26-10-2-3-11-27(26)33-21)34-23-7-5-9-25(20-23)37-17-16-35-12-14-36(15-13-35)24-8-4-6-22(19-24)29(30,31)32/h2-11,18-20H,12-17H2,1H3,(H,33,34). The molecule has 1 aliphatic rings. The minimum Gasteiger partial charge on any atom is -0.492 e. The number of rotatable bonds is 7. The SMILES string of the molecule is Cc1cc(Nc2cccc(OCCN3CCN(c4cccc(C(F)(F)F)c4)CC3)c2)c2ccccc2n1. The van der Waals surface area contributed by atoms with E-state index in [1.165, 1.54) is 12.1 Å². The van der Waals surface area contributed by atoms with Crippen molar-refractivity contribution >= 4 is 28.0 Å². The van der Waals surface area contributed by atoms with Crippen molar-refractivity contribution in [2.45, 2.75) is 13.1 Å². The summed E-state index contributed by atoms with van der Waals surface area (Å²) in [6, 6.07) is 23.5. The number of piperazine rings is 1. The molecule has 4 aromatic rings. The third-order valence-corrected chi connectivity index (χ3v) is 6.54. The summed E-state index contributed by atoms with van der Waals surface area (Å²) in [5, 5.41) is 4.55. The van der Waals surface area contributed by atoms with Crippen LogP contribution in [0.1, 0.15) is 11.3 Å². The Morgan fingerprint density at radius 2 is 1.68 bits per heavy atom. The van der Waals surface area contributed by atoms with Gasteiger partial charge in [-0.05, 0) is 49.4 Å². The van der Waals surface area contributed by atoms with Crippen LogP contribution in [-0.4, -0.2) is 49.2 Å². The number of aryl methyl sites for hydroxylation is 1. The van der Waals surface area contributed by atoms with Crippen molar-refractivity contribution in [3.8, 4) is 5.75 Å². The van der Waals surface area contributed by atoms with Gasteiger partial charge >= 0.3 is 6.18 Å². The minimum atomic E-state index is -4.33. The van der Waals surface area contributed by atoms with Crippen LogP contribution < -0.4 is 15.0 Å². The average molecular weight is 507 g/mol. The van der Waals surface area contributed by atoms with E-state index in [1.54, 1.807) is 6.07 Å². The fraction of sp³-hybridized carbons (Fsp3) is 0.276. The molecule has 1 saturated heterocycles. The average Bonchev–Trinajstić information content (AvgIpc) is 2.89. The molecule has 0 aliphatic carbocycles. The van der Waals surface area contributed by atoms with E-state index in [0.29, 0.717) is 25.4 Å². The summed E-state index contributed by atoms with van der Waals surface area (Å²) in [6.07, 6.45) is -4.33. The maximum Gasteiger partial charge on any atom is 0.416 e. The second-order valence-corrected chi connectivity index (χ2v) is 9.21. The van der Waals surface area contributed by atoms with Crippen LogP contribution in [0.5, 0.6) is 5.75 Å². The number of fused-ring (bicyclic) bond motifs is 1. The Labute approximate surface area is 214 Å². The lowest BCUT2D eigenvalue weighted by Gasteiger charge is -2.36. The maximum absolute atomic E-state index is 13.0. The van der Waals surface area contributed by atoms with Crippen molar-refractivity contribution in [1.29, 1.82) is 0 Å². The van der Waals surface area contributed by atoms with Gasteiger partial charge in [-0.2, -0.15) is 13.2 Å². The first-order valence-electron chi connectivity index (χ1n) is 12.4. The van der Waals surface area contributed by atoms with Crippen LogP contribution in [0.25, 0.3) is 10.9 Å². The Hall–Kier alpha value is -3.78. The van der Waals surface area contributed by atoms with E-state index in [-0.39, 0.29) is 0 Å². The smallest absolute Gasteiger partial charge is 0.416 e. The highest BCUT2D eigenvalue weighted by Gasteiger charge is 2.31. The highest BCUT2D eigenvalue weighted by atomic mass is 19.4. The summed E-state index contributed by atoms with van der Waals surface area (Å²) in [5.74, 6) is 0.780. The van der Waals surface area contributed by atoms with E-state index >= 15 is 0 Å². The van der Waals surface area contributed by atoms with Gasteiger partial charge in [-0.1, -0.05) is 30.3 Å². The Balaban J connectivity index is 1.13. The third-order valence-electron chi connectivity index (χ3n) is 6.54. The lowest BCUT2D eigenvalue weighted by molar-refractivity contribution is -0.137. The fourth-order valence-electron chi connectivity index (χ4n) is 4.63. The molecule has 0 radical (unpaired) electrons. The molecule has 0 bridgehead atoms. The molecule has 3 aromatic carbocycles. The molecule has 1 N–H and O–H groups in total. The number of anilines is 3. The summed E-state index contributed by atoms with van der Waals surface area (Å²) >= 11 is 0. The summed E-state index contributed by atoms with van der Waals surface area (Å²) in [6.45, 7) is 6.18. The van der Waals surface area contributed by atoms with Gasteiger partial charge in [0.1, 0.15) is 12.4 Å². The van der Waals surface area contributed by atoms with E-state index in [4.69, 9.17) is 4.74 Å². The van der Waals surface area contributed by atoms with E-state index in [1.807, 2.05) is 60.4 Å². The highest BCUT2D eigenvalue weighted by Crippen LogP contribution is 2.32. The Morgan fingerprint density at radius 1 is 0.892 bits per heavy atom. The zero-order valence-electron chi connectivity index (χ0n) is 20.6. The number of ether oxygens (including phenoxy) is 1. The van der Waals surface area contributed by atoms with E-state index < -0.39 is 11.7 Å². The first-order valence-corrected chi connectivity index (χ1v) is 12.4. The first kappa shape index (κ1) is 24.9. The largest absolute Gasteiger partial charge is 0.492 e. The number of benzene rings is 3. The molecule has 1 aromatic heterocycles. The van der Waals surface area contributed by atoms with Crippen LogP contribution in [-0.2, 0) is 6.18 Å². The fourth-order valence-corrected chi connectivity index (χ4v) is 4.63. The number of halogens is 3. The second kappa shape index (κ2) is 10.7. The molecule has 37 heavy (non-hydrogen) atoms. The molecule has 1 fully saturated rings. The van der Waals surface area contributed by atoms with Crippen LogP contribution in [0, 0.1) is 6.92 Å². The number of pyridine rings is 1. The van der Waals surface area contributed by atoms with Crippen LogP contribution in [0.4, 0.5) is 30.2 Å². The quantitative estimate of drug-likeness (QED) is 0.310. The summed E-state index contributed by atoms with van der Waals surface area (Å²) in [5.41, 5.74) is 3.84. The topological polar surface area (TPSA) is 40.6 Å². The van der Waals surface area contributed by atoms with Crippen LogP contribution in [0.2, 0.25) is 0 Å². The predicted molar refractivity (Wildman–Crippen MR) is 142 cm³/mol. The van der Waals surface area contributed by atoms with Crippen LogP contribution in [0.15, 0.2) is 78.9 Å². The monoisotopic (exact) mass is 506 g/mol. The number of alkyl halides is 3. The Kier molecular flexibility index (Phi) is 7.19. The normalized spacial score (nSPS) is 14.6. The van der Waals surface area contributed by atoms with Crippen molar-refractivity contribution in [1.82, 2.24) is 9.88 Å². The van der Waals surface area contributed by atoms with Gasteiger partial charge in [-0.3, -0.25) is 9.88 Å². The summed E-state index contributed by atoms with van der Waals surface area (Å²) in [7, 11) is 0. The molecule has 192 valence electrons. The van der Waals surface area contributed by atoms with Crippen molar-refractivity contribution in [2.24, 2.45) is 0 Å². The molecule has 0 spiro atoms. The molecule has 0 atom stereocenters. The van der Waals surface area contributed by atoms with Gasteiger partial charge in [0, 0.05) is 66.9 Å². The van der Waals surface area contributed by atoms with Gasteiger partial charge in [0.15, 0.2) is 0 Å². The maximum atomic E-state index is 13.0. The first-order chi connectivity index (χ1) is 17.8. The molecule has 1 aliphatic heterocycles. The molecular formula is C29H29F3N4O. The summed E-state index contributed by atoms with van der Waals surface area (Å²) in [4.78, 5) is 8.88. The number of para-hydroxylation sites is 1. The zero-order chi connectivity index (χ0) is 25.8. The van der Waals surface area contributed by atoms with Gasteiger partial charge < -0.3 is 15.0 Å². The number of hydrogen-bond donors (Lipinski definition) is 1. The lowest BCUT2D eigenvalue weighted by Crippen LogP contribution is -2.47. The molecule has 5 rings (SSSR count). The molecular weight excluding hydrogens is 477 g/mol. The van der Waals surface area contributed by atoms with E-state index in [2.05, 4.69) is 21.3 Å². The van der Waals surface area contributed by atoms with Crippen LogP contribution in [0.3, 0.4) is 0 Å². The summed E-state index contributed by atoms with van der Waals surface area (Å²) < 4.78 is 45.2. The van der Waals surface area contributed by atoms with Crippen molar-refractivity contribution in [3.63, 3.8) is 0 Å². The van der Waals surface area contributed by atoms with Gasteiger partial charge in [-0.25, -0.2) is 0 Å². The second-order valence-electron chi connectivity index (χ2n) is 9.21. The van der Waals surface area contributed by atoms with Crippen molar-refractivity contribution < 1.29 is 17.9 Å². The molecule has 5 nitrogen and oxygen atoms in total. The molecule has 0 amide bonds. The molecule has 8 heteroatoms. The van der Waals surface area contributed by atoms with Crippen LogP contribution >= 0.6 is 0 Å². The van der Waals surface area contributed by atoms with Crippen molar-refractivity contribution in [3.05, 3.63) is 90.1 Å². The van der Waals surface area contributed by atoms with E-state index in [9.17, 15) is 13.2 Å². The lowest BCUT2D eigenvalue weighted by atomic mass is 10.1. The van der Waals surface area contributed by atoms with Gasteiger partial charge in [0.05, 0.1) is 11.1 Å².